The summed E-state index contributed by atoms with van der Waals surface area (Å²) in [6.07, 6.45) is 3.90. The van der Waals surface area contributed by atoms with Crippen LogP contribution in [0.25, 0.3) is 10.9 Å². The molecule has 5 heteroatoms. The summed E-state index contributed by atoms with van der Waals surface area (Å²) in [5.41, 5.74) is 4.43. The monoisotopic (exact) mass is 396 g/mol. The summed E-state index contributed by atoms with van der Waals surface area (Å²) in [5.74, 6) is 0.833. The van der Waals surface area contributed by atoms with E-state index in [-0.39, 0.29) is 6.10 Å². The summed E-state index contributed by atoms with van der Waals surface area (Å²) in [6, 6.07) is 24.7. The SMILES string of the molecule is c1ccc(C2CN(Cc3ccc(Nc4cccc5ncccc45)nc3)CCO2)cc1. The van der Waals surface area contributed by atoms with E-state index < -0.39 is 0 Å². The van der Waals surface area contributed by atoms with Crippen molar-refractivity contribution in [3.05, 3.63) is 96.3 Å². The molecule has 1 unspecified atom stereocenters. The number of rotatable bonds is 5. The van der Waals surface area contributed by atoms with Gasteiger partial charge in [0.15, 0.2) is 0 Å². The fourth-order valence-corrected chi connectivity index (χ4v) is 3.92. The molecule has 0 aliphatic carbocycles. The maximum atomic E-state index is 5.98. The van der Waals surface area contributed by atoms with E-state index in [2.05, 4.69) is 62.6 Å². The van der Waals surface area contributed by atoms with Gasteiger partial charge in [0.2, 0.25) is 0 Å². The van der Waals surface area contributed by atoms with Crippen molar-refractivity contribution in [1.29, 1.82) is 0 Å². The Morgan fingerprint density at radius 1 is 0.933 bits per heavy atom. The molecule has 4 aromatic rings. The number of nitrogens with zero attached hydrogens (tertiary/aromatic N) is 3. The summed E-state index contributed by atoms with van der Waals surface area (Å²) in [5, 5.41) is 4.51. The molecule has 150 valence electrons. The Labute approximate surface area is 176 Å². The summed E-state index contributed by atoms with van der Waals surface area (Å²) >= 11 is 0. The first-order chi connectivity index (χ1) is 14.8. The molecule has 0 amide bonds. The average molecular weight is 396 g/mol. The third-order valence-corrected chi connectivity index (χ3v) is 5.46. The van der Waals surface area contributed by atoms with Gasteiger partial charge >= 0.3 is 0 Å². The first-order valence-corrected chi connectivity index (χ1v) is 10.3. The molecule has 0 saturated carbocycles. The maximum Gasteiger partial charge on any atom is 0.130 e. The van der Waals surface area contributed by atoms with Gasteiger partial charge < -0.3 is 10.1 Å². The van der Waals surface area contributed by atoms with E-state index in [1.807, 2.05) is 42.7 Å². The summed E-state index contributed by atoms with van der Waals surface area (Å²) in [7, 11) is 0. The topological polar surface area (TPSA) is 50.3 Å². The van der Waals surface area contributed by atoms with Gasteiger partial charge in [-0.3, -0.25) is 9.88 Å². The van der Waals surface area contributed by atoms with Crippen LogP contribution in [-0.2, 0) is 11.3 Å². The minimum atomic E-state index is 0.133. The molecule has 2 aromatic carbocycles. The van der Waals surface area contributed by atoms with Gasteiger partial charge in [-0.2, -0.15) is 0 Å². The molecule has 0 bridgehead atoms. The van der Waals surface area contributed by atoms with E-state index in [0.29, 0.717) is 0 Å². The third kappa shape index (κ3) is 4.17. The highest BCUT2D eigenvalue weighted by Gasteiger charge is 2.21. The molecule has 3 heterocycles. The number of pyridine rings is 2. The second-order valence-corrected chi connectivity index (χ2v) is 7.56. The lowest BCUT2D eigenvalue weighted by Gasteiger charge is -2.33. The molecule has 1 aliphatic heterocycles. The number of ether oxygens (including phenoxy) is 1. The number of benzene rings is 2. The van der Waals surface area contributed by atoms with E-state index in [0.717, 1.165) is 48.6 Å². The first-order valence-electron chi connectivity index (χ1n) is 10.3. The van der Waals surface area contributed by atoms with E-state index in [9.17, 15) is 0 Å². The molecule has 5 nitrogen and oxygen atoms in total. The lowest BCUT2D eigenvalue weighted by Crippen LogP contribution is -2.37. The van der Waals surface area contributed by atoms with Gasteiger partial charge in [0, 0.05) is 43.1 Å². The van der Waals surface area contributed by atoms with Crippen molar-refractivity contribution >= 4 is 22.4 Å². The highest BCUT2D eigenvalue weighted by molar-refractivity contribution is 5.92. The van der Waals surface area contributed by atoms with Crippen molar-refractivity contribution in [2.45, 2.75) is 12.6 Å². The van der Waals surface area contributed by atoms with Crippen LogP contribution in [0.4, 0.5) is 11.5 Å². The Morgan fingerprint density at radius 3 is 2.73 bits per heavy atom. The van der Waals surface area contributed by atoms with Gasteiger partial charge in [0.05, 0.1) is 18.2 Å². The minimum absolute atomic E-state index is 0.133. The molecular weight excluding hydrogens is 372 g/mol. The Bertz CT molecular complexity index is 1110. The van der Waals surface area contributed by atoms with Crippen LogP contribution in [0.15, 0.2) is 85.2 Å². The van der Waals surface area contributed by atoms with Gasteiger partial charge in [-0.1, -0.05) is 42.5 Å². The third-order valence-electron chi connectivity index (χ3n) is 5.46. The zero-order valence-corrected chi connectivity index (χ0v) is 16.7. The van der Waals surface area contributed by atoms with E-state index >= 15 is 0 Å². The van der Waals surface area contributed by atoms with Crippen LogP contribution >= 0.6 is 0 Å². The Balaban J connectivity index is 1.25. The summed E-state index contributed by atoms with van der Waals surface area (Å²) in [4.78, 5) is 11.5. The highest BCUT2D eigenvalue weighted by Crippen LogP contribution is 2.25. The number of hydrogen-bond acceptors (Lipinski definition) is 5. The number of nitrogens with one attached hydrogen (secondary N) is 1. The molecule has 30 heavy (non-hydrogen) atoms. The van der Waals surface area contributed by atoms with Crippen molar-refractivity contribution in [3.63, 3.8) is 0 Å². The maximum absolute atomic E-state index is 5.98. The smallest absolute Gasteiger partial charge is 0.130 e. The van der Waals surface area contributed by atoms with Gasteiger partial charge in [0.1, 0.15) is 5.82 Å². The summed E-state index contributed by atoms with van der Waals surface area (Å²) in [6.45, 7) is 3.46. The quantitative estimate of drug-likeness (QED) is 0.517. The largest absolute Gasteiger partial charge is 0.371 e. The highest BCUT2D eigenvalue weighted by atomic mass is 16.5. The lowest BCUT2D eigenvalue weighted by atomic mass is 10.1. The molecule has 1 atom stereocenters. The lowest BCUT2D eigenvalue weighted by molar-refractivity contribution is -0.0329. The molecule has 2 aromatic heterocycles. The zero-order chi connectivity index (χ0) is 20.2. The molecule has 1 aliphatic rings. The fourth-order valence-electron chi connectivity index (χ4n) is 3.92. The predicted octanol–water partition coefficient (Wildman–Crippen LogP) is 4.95. The van der Waals surface area contributed by atoms with Crippen molar-refractivity contribution in [3.8, 4) is 0 Å². The van der Waals surface area contributed by atoms with Crippen LogP contribution in [-0.4, -0.2) is 34.6 Å². The fraction of sp³-hybridized carbons (Fsp3) is 0.200. The van der Waals surface area contributed by atoms with Gasteiger partial charge in [-0.25, -0.2) is 4.98 Å². The zero-order valence-electron chi connectivity index (χ0n) is 16.7. The molecular formula is C25H24N4O. The van der Waals surface area contributed by atoms with Gasteiger partial charge in [0.25, 0.3) is 0 Å². The number of morpholine rings is 1. The molecule has 5 rings (SSSR count). The van der Waals surface area contributed by atoms with Gasteiger partial charge in [-0.15, -0.1) is 0 Å². The van der Waals surface area contributed by atoms with E-state index in [4.69, 9.17) is 4.74 Å². The Morgan fingerprint density at radius 2 is 1.87 bits per heavy atom. The first kappa shape index (κ1) is 18.7. The van der Waals surface area contributed by atoms with Crippen LogP contribution < -0.4 is 5.32 Å². The van der Waals surface area contributed by atoms with Crippen molar-refractivity contribution < 1.29 is 4.74 Å². The molecule has 1 saturated heterocycles. The Kier molecular flexibility index (Phi) is 5.38. The van der Waals surface area contributed by atoms with Crippen molar-refractivity contribution in [2.24, 2.45) is 0 Å². The number of anilines is 2. The second-order valence-electron chi connectivity index (χ2n) is 7.56. The van der Waals surface area contributed by atoms with Crippen LogP contribution in [0.2, 0.25) is 0 Å². The van der Waals surface area contributed by atoms with E-state index in [1.54, 1.807) is 0 Å². The van der Waals surface area contributed by atoms with Crippen molar-refractivity contribution in [2.75, 3.05) is 25.0 Å². The number of hydrogen-bond donors (Lipinski definition) is 1. The standard InChI is InChI=1S/C25H24N4O/c1-2-6-20(7-3-1)24-18-29(14-15-30-24)17-19-11-12-25(27-16-19)28-23-10-4-9-22-21(23)8-5-13-26-22/h1-13,16,24H,14-15,17-18H2,(H,27,28). The van der Waals surface area contributed by atoms with Crippen LogP contribution in [0.5, 0.6) is 0 Å². The summed E-state index contributed by atoms with van der Waals surface area (Å²) < 4.78 is 5.98. The molecule has 1 N–H and O–H groups in total. The Hall–Kier alpha value is -3.28. The van der Waals surface area contributed by atoms with Crippen LogP contribution in [0, 0.1) is 0 Å². The average Bonchev–Trinajstić information content (AvgIpc) is 2.81. The molecule has 1 fully saturated rings. The van der Waals surface area contributed by atoms with E-state index in [1.165, 1.54) is 11.1 Å². The van der Waals surface area contributed by atoms with Crippen LogP contribution in [0.3, 0.4) is 0 Å². The van der Waals surface area contributed by atoms with Gasteiger partial charge in [-0.05, 0) is 41.5 Å². The second kappa shape index (κ2) is 8.61. The molecule has 0 radical (unpaired) electrons. The number of fused-ring (bicyclic) bond motifs is 1. The normalized spacial score (nSPS) is 17.1. The minimum Gasteiger partial charge on any atom is -0.371 e. The number of aromatic nitrogens is 2. The predicted molar refractivity (Wildman–Crippen MR) is 120 cm³/mol. The molecule has 0 spiro atoms. The van der Waals surface area contributed by atoms with Crippen molar-refractivity contribution in [1.82, 2.24) is 14.9 Å². The van der Waals surface area contributed by atoms with Crippen LogP contribution in [0.1, 0.15) is 17.2 Å².